The van der Waals surface area contributed by atoms with Crippen molar-refractivity contribution in [3.8, 4) is 5.75 Å². The highest BCUT2D eigenvalue weighted by atomic mass is 32.2. The zero-order valence-electron chi connectivity index (χ0n) is 19.2. The lowest BCUT2D eigenvalue weighted by Gasteiger charge is -2.08. The van der Waals surface area contributed by atoms with Crippen LogP contribution in [-0.4, -0.2) is 23.6 Å². The van der Waals surface area contributed by atoms with E-state index in [9.17, 15) is 9.59 Å². The number of aliphatic imine (C=N–C) groups is 1. The summed E-state index contributed by atoms with van der Waals surface area (Å²) in [6.07, 6.45) is 1.80. The highest BCUT2D eigenvalue weighted by molar-refractivity contribution is 8.18. The van der Waals surface area contributed by atoms with Crippen LogP contribution in [0.5, 0.6) is 5.75 Å². The highest BCUT2D eigenvalue weighted by Crippen LogP contribution is 2.29. The second kappa shape index (κ2) is 10.4. The summed E-state index contributed by atoms with van der Waals surface area (Å²) >= 11 is 1.31. The van der Waals surface area contributed by atoms with Crippen LogP contribution in [0.25, 0.3) is 6.08 Å². The lowest BCUT2D eigenvalue weighted by molar-refractivity contribution is -0.118. The molecule has 0 spiro atoms. The Morgan fingerprint density at radius 2 is 1.71 bits per heavy atom. The number of hydrogen-bond donors (Lipinski definition) is 2. The van der Waals surface area contributed by atoms with E-state index in [1.165, 1.54) is 17.3 Å². The standard InChI is InChI=1S/C27H25N3O3S/c1-17-4-9-21(10-5-17)28-25(31)16-33-22-11-7-20(8-12-22)15-24-26(32)30-27(34-24)29-23-13-6-18(2)14-19(23)3/h4-15H,16H2,1-3H3,(H,28,31)(H,29,30,32)/b24-15-. The fourth-order valence-electron chi connectivity index (χ4n) is 3.32. The van der Waals surface area contributed by atoms with Gasteiger partial charge in [-0.15, -0.1) is 0 Å². The van der Waals surface area contributed by atoms with Crippen molar-refractivity contribution in [1.29, 1.82) is 0 Å². The molecular formula is C27H25N3O3S. The number of ether oxygens (including phenoxy) is 1. The van der Waals surface area contributed by atoms with Crippen LogP contribution < -0.4 is 15.4 Å². The van der Waals surface area contributed by atoms with Crippen LogP contribution in [0.15, 0.2) is 76.6 Å². The van der Waals surface area contributed by atoms with E-state index in [0.29, 0.717) is 15.8 Å². The van der Waals surface area contributed by atoms with Crippen molar-refractivity contribution < 1.29 is 14.3 Å². The molecule has 0 radical (unpaired) electrons. The second-order valence-electron chi connectivity index (χ2n) is 8.04. The third-order valence-corrected chi connectivity index (χ3v) is 6.02. The van der Waals surface area contributed by atoms with Gasteiger partial charge >= 0.3 is 0 Å². The molecule has 4 rings (SSSR count). The largest absolute Gasteiger partial charge is 0.484 e. The minimum absolute atomic E-state index is 0.0924. The predicted molar refractivity (Wildman–Crippen MR) is 138 cm³/mol. The van der Waals surface area contributed by atoms with E-state index in [4.69, 9.17) is 4.74 Å². The van der Waals surface area contributed by atoms with E-state index in [1.807, 2.05) is 69.3 Å². The maximum atomic E-state index is 12.4. The molecule has 1 aliphatic heterocycles. The number of aryl methyl sites for hydroxylation is 3. The number of benzene rings is 3. The fraction of sp³-hybridized carbons (Fsp3) is 0.148. The second-order valence-corrected chi connectivity index (χ2v) is 9.07. The Hall–Kier alpha value is -3.84. The molecule has 2 amide bonds. The van der Waals surface area contributed by atoms with Crippen LogP contribution in [0, 0.1) is 20.8 Å². The Balaban J connectivity index is 1.34. The average Bonchev–Trinajstić information content (AvgIpc) is 3.15. The van der Waals surface area contributed by atoms with Gasteiger partial charge in [-0.1, -0.05) is 47.5 Å². The van der Waals surface area contributed by atoms with Crippen LogP contribution in [0.4, 0.5) is 11.4 Å². The summed E-state index contributed by atoms with van der Waals surface area (Å²) in [5, 5.41) is 6.18. The van der Waals surface area contributed by atoms with Gasteiger partial charge in [0.2, 0.25) is 0 Å². The van der Waals surface area contributed by atoms with Gasteiger partial charge in [0.15, 0.2) is 11.8 Å². The van der Waals surface area contributed by atoms with Crippen molar-refractivity contribution in [2.75, 3.05) is 11.9 Å². The van der Waals surface area contributed by atoms with Crippen molar-refractivity contribution >= 4 is 46.2 Å². The van der Waals surface area contributed by atoms with Gasteiger partial charge < -0.3 is 15.4 Å². The number of anilines is 1. The molecule has 2 N–H and O–H groups in total. The van der Waals surface area contributed by atoms with Crippen LogP contribution in [0.3, 0.4) is 0 Å². The van der Waals surface area contributed by atoms with Crippen molar-refractivity contribution in [3.05, 3.63) is 93.9 Å². The Bertz CT molecular complexity index is 1280. The molecule has 0 saturated carbocycles. The van der Waals surface area contributed by atoms with Crippen LogP contribution >= 0.6 is 11.8 Å². The molecule has 34 heavy (non-hydrogen) atoms. The number of amidine groups is 1. The Morgan fingerprint density at radius 3 is 2.41 bits per heavy atom. The van der Waals surface area contributed by atoms with Crippen molar-refractivity contribution in [2.24, 2.45) is 4.99 Å². The number of hydrogen-bond acceptors (Lipinski definition) is 5. The SMILES string of the molecule is Cc1ccc(NC(=O)COc2ccc(/C=C3\SC(=Nc4ccc(C)cc4C)NC3=O)cc2)cc1. The van der Waals surface area contributed by atoms with Gasteiger partial charge in [0.25, 0.3) is 11.8 Å². The van der Waals surface area contributed by atoms with Gasteiger partial charge in [-0.25, -0.2) is 4.99 Å². The van der Waals surface area contributed by atoms with E-state index in [2.05, 4.69) is 21.7 Å². The zero-order chi connectivity index (χ0) is 24.1. The first-order valence-corrected chi connectivity index (χ1v) is 11.6. The van der Waals surface area contributed by atoms with E-state index in [-0.39, 0.29) is 18.4 Å². The van der Waals surface area contributed by atoms with Gasteiger partial charge in [-0.2, -0.15) is 0 Å². The summed E-state index contributed by atoms with van der Waals surface area (Å²) in [7, 11) is 0. The summed E-state index contributed by atoms with van der Waals surface area (Å²) in [4.78, 5) is 29.6. The highest BCUT2D eigenvalue weighted by Gasteiger charge is 2.24. The maximum absolute atomic E-state index is 12.4. The molecule has 1 saturated heterocycles. The molecule has 1 heterocycles. The van der Waals surface area contributed by atoms with Gasteiger partial charge in [-0.3, -0.25) is 9.59 Å². The maximum Gasteiger partial charge on any atom is 0.264 e. The summed E-state index contributed by atoms with van der Waals surface area (Å²) < 4.78 is 5.58. The lowest BCUT2D eigenvalue weighted by Crippen LogP contribution is -2.20. The molecule has 3 aromatic carbocycles. The normalized spacial score (nSPS) is 15.4. The van der Waals surface area contributed by atoms with Gasteiger partial charge in [0.1, 0.15) is 5.75 Å². The van der Waals surface area contributed by atoms with E-state index >= 15 is 0 Å². The van der Waals surface area contributed by atoms with Crippen LogP contribution in [0.1, 0.15) is 22.3 Å². The molecule has 6 nitrogen and oxygen atoms in total. The predicted octanol–water partition coefficient (Wildman–Crippen LogP) is 5.52. The number of carbonyl (C=O) groups is 2. The summed E-state index contributed by atoms with van der Waals surface area (Å²) in [6, 6.07) is 20.8. The monoisotopic (exact) mass is 471 g/mol. The Labute approximate surface area is 203 Å². The molecule has 0 atom stereocenters. The molecule has 0 aromatic heterocycles. The topological polar surface area (TPSA) is 79.8 Å². The molecule has 0 bridgehead atoms. The molecule has 1 fully saturated rings. The molecule has 3 aromatic rings. The number of nitrogens with zero attached hydrogens (tertiary/aromatic N) is 1. The van der Waals surface area contributed by atoms with E-state index < -0.39 is 0 Å². The molecule has 7 heteroatoms. The summed E-state index contributed by atoms with van der Waals surface area (Å²) in [5.41, 5.74) is 5.77. The van der Waals surface area contributed by atoms with Crippen LogP contribution in [-0.2, 0) is 9.59 Å². The van der Waals surface area contributed by atoms with Gasteiger partial charge in [0.05, 0.1) is 10.6 Å². The lowest BCUT2D eigenvalue weighted by atomic mass is 10.1. The number of amides is 2. The number of rotatable bonds is 6. The summed E-state index contributed by atoms with van der Waals surface area (Å²) in [5.74, 6) is 0.160. The summed E-state index contributed by atoms with van der Waals surface area (Å²) in [6.45, 7) is 5.93. The molecule has 1 aliphatic rings. The molecule has 0 aliphatic carbocycles. The third kappa shape index (κ3) is 6.14. The molecule has 0 unspecified atom stereocenters. The smallest absolute Gasteiger partial charge is 0.264 e. The van der Waals surface area contributed by atoms with Crippen LogP contribution in [0.2, 0.25) is 0 Å². The van der Waals surface area contributed by atoms with Crippen molar-refractivity contribution in [2.45, 2.75) is 20.8 Å². The molecule has 172 valence electrons. The van der Waals surface area contributed by atoms with Gasteiger partial charge in [-0.05, 0) is 80.1 Å². The third-order valence-electron chi connectivity index (χ3n) is 5.11. The minimum atomic E-state index is -0.232. The first-order valence-electron chi connectivity index (χ1n) is 10.8. The number of carbonyl (C=O) groups excluding carboxylic acids is 2. The minimum Gasteiger partial charge on any atom is -0.484 e. The number of thioether (sulfide) groups is 1. The van der Waals surface area contributed by atoms with Crippen molar-refractivity contribution in [1.82, 2.24) is 5.32 Å². The quantitative estimate of drug-likeness (QED) is 0.464. The van der Waals surface area contributed by atoms with E-state index in [1.54, 1.807) is 18.2 Å². The fourth-order valence-corrected chi connectivity index (χ4v) is 4.15. The number of nitrogens with one attached hydrogen (secondary N) is 2. The molecular weight excluding hydrogens is 446 g/mol. The van der Waals surface area contributed by atoms with Crippen molar-refractivity contribution in [3.63, 3.8) is 0 Å². The average molecular weight is 472 g/mol. The first kappa shape index (κ1) is 23.3. The Morgan fingerprint density at radius 1 is 1.00 bits per heavy atom. The van der Waals surface area contributed by atoms with Gasteiger partial charge in [0, 0.05) is 5.69 Å². The Kier molecular flexibility index (Phi) is 7.13. The van der Waals surface area contributed by atoms with E-state index in [0.717, 1.165) is 28.1 Å². The first-order chi connectivity index (χ1) is 16.4. The zero-order valence-corrected chi connectivity index (χ0v) is 20.0.